The lowest BCUT2D eigenvalue weighted by Gasteiger charge is -2.35. The number of piperazine rings is 1. The first-order valence-corrected chi connectivity index (χ1v) is 11.0. The Labute approximate surface area is 170 Å². The maximum absolute atomic E-state index is 12.9. The van der Waals surface area contributed by atoms with Crippen LogP contribution in [0.25, 0.3) is 0 Å². The first-order valence-electron chi connectivity index (χ1n) is 9.76. The van der Waals surface area contributed by atoms with Crippen LogP contribution in [0.15, 0.2) is 24.3 Å². The van der Waals surface area contributed by atoms with E-state index in [-0.39, 0.29) is 5.91 Å². The number of amides is 1. The number of hydrogen-bond donors (Lipinski definition) is 1. The maximum atomic E-state index is 12.9. The molecule has 0 atom stereocenters. The van der Waals surface area contributed by atoms with Crippen molar-refractivity contribution in [1.29, 1.82) is 0 Å². The molecule has 0 bridgehead atoms. The van der Waals surface area contributed by atoms with Gasteiger partial charge in [-0.25, -0.2) is 0 Å². The van der Waals surface area contributed by atoms with E-state index in [4.69, 9.17) is 11.6 Å². The molecule has 27 heavy (non-hydrogen) atoms. The molecule has 0 unspecified atom stereocenters. The molecule has 1 aliphatic carbocycles. The van der Waals surface area contributed by atoms with E-state index in [2.05, 4.69) is 28.2 Å². The number of nitrogens with zero attached hydrogens (tertiary/aromatic N) is 2. The molecule has 1 N–H and O–H groups in total. The predicted octanol–water partition coefficient (Wildman–Crippen LogP) is 4.67. The molecule has 2 aliphatic rings. The standard InChI is InChI=1S/C21H26ClN3OS/c1-24-9-11-25(12-10-24)18-8-7-16(22)14-17(18)23-21(26)20-13-15-5-3-2-4-6-19(15)27-20/h7-8,13-14H,2-6,9-12H2,1H3,(H,23,26). The number of hydrogen-bond acceptors (Lipinski definition) is 4. The van der Waals surface area contributed by atoms with Crippen molar-refractivity contribution >= 4 is 40.2 Å². The number of aryl methyl sites for hydroxylation is 2. The van der Waals surface area contributed by atoms with Gasteiger partial charge in [0, 0.05) is 36.1 Å². The summed E-state index contributed by atoms with van der Waals surface area (Å²) in [6, 6.07) is 7.89. The highest BCUT2D eigenvalue weighted by Gasteiger charge is 2.21. The van der Waals surface area contributed by atoms with Crippen molar-refractivity contribution in [3.05, 3.63) is 44.6 Å². The van der Waals surface area contributed by atoms with Crippen LogP contribution in [0.1, 0.15) is 39.4 Å². The second-order valence-electron chi connectivity index (χ2n) is 7.53. The third-order valence-corrected chi connectivity index (χ3v) is 6.99. The molecule has 6 heteroatoms. The van der Waals surface area contributed by atoms with Crippen LogP contribution in [0.4, 0.5) is 11.4 Å². The first-order chi connectivity index (χ1) is 13.1. The Morgan fingerprint density at radius 2 is 1.85 bits per heavy atom. The van der Waals surface area contributed by atoms with Crippen LogP contribution in [0.3, 0.4) is 0 Å². The molecule has 1 fully saturated rings. The Balaban J connectivity index is 1.55. The summed E-state index contributed by atoms with van der Waals surface area (Å²) < 4.78 is 0. The van der Waals surface area contributed by atoms with Gasteiger partial charge in [-0.1, -0.05) is 18.0 Å². The third kappa shape index (κ3) is 4.31. The van der Waals surface area contributed by atoms with Gasteiger partial charge in [-0.3, -0.25) is 4.79 Å². The minimum atomic E-state index is -0.0225. The zero-order chi connectivity index (χ0) is 18.8. The van der Waals surface area contributed by atoms with Crippen LogP contribution in [0.2, 0.25) is 5.02 Å². The third-order valence-electron chi connectivity index (χ3n) is 5.52. The average molecular weight is 404 g/mol. The van der Waals surface area contributed by atoms with Crippen LogP contribution in [-0.4, -0.2) is 44.0 Å². The topological polar surface area (TPSA) is 35.6 Å². The summed E-state index contributed by atoms with van der Waals surface area (Å²) in [5.74, 6) is -0.0225. The second kappa shape index (κ2) is 8.21. The Hall–Kier alpha value is -1.56. The fourth-order valence-corrected chi connectivity index (χ4v) is 5.22. The maximum Gasteiger partial charge on any atom is 0.265 e. The molecule has 144 valence electrons. The molecule has 2 heterocycles. The molecule has 1 saturated heterocycles. The number of benzene rings is 1. The Kier molecular flexibility index (Phi) is 5.71. The van der Waals surface area contributed by atoms with E-state index in [1.165, 1.54) is 29.7 Å². The fraction of sp³-hybridized carbons (Fsp3) is 0.476. The smallest absolute Gasteiger partial charge is 0.265 e. The van der Waals surface area contributed by atoms with Crippen molar-refractivity contribution in [1.82, 2.24) is 4.90 Å². The van der Waals surface area contributed by atoms with Gasteiger partial charge in [0.05, 0.1) is 16.3 Å². The van der Waals surface area contributed by atoms with Crippen molar-refractivity contribution in [2.75, 3.05) is 43.4 Å². The van der Waals surface area contributed by atoms with Crippen molar-refractivity contribution in [3.63, 3.8) is 0 Å². The molecule has 1 amide bonds. The fourth-order valence-electron chi connectivity index (χ4n) is 3.89. The lowest BCUT2D eigenvalue weighted by molar-refractivity contribution is 0.103. The van der Waals surface area contributed by atoms with E-state index in [0.29, 0.717) is 5.02 Å². The largest absolute Gasteiger partial charge is 0.367 e. The van der Waals surface area contributed by atoms with Gasteiger partial charge in [0.25, 0.3) is 5.91 Å². The summed E-state index contributed by atoms with van der Waals surface area (Å²) in [7, 11) is 2.14. The monoisotopic (exact) mass is 403 g/mol. The molecule has 4 nitrogen and oxygen atoms in total. The minimum Gasteiger partial charge on any atom is -0.367 e. The highest BCUT2D eigenvalue weighted by Crippen LogP contribution is 2.33. The van der Waals surface area contributed by atoms with Crippen LogP contribution in [0.5, 0.6) is 0 Å². The zero-order valence-electron chi connectivity index (χ0n) is 15.8. The highest BCUT2D eigenvalue weighted by molar-refractivity contribution is 7.14. The zero-order valence-corrected chi connectivity index (χ0v) is 17.3. The van der Waals surface area contributed by atoms with Gasteiger partial charge < -0.3 is 15.1 Å². The number of fused-ring (bicyclic) bond motifs is 1. The number of likely N-dealkylation sites (N-methyl/N-ethyl adjacent to an activating group) is 1. The number of carbonyl (C=O) groups is 1. The first kappa shape index (κ1) is 18.8. The molecule has 1 aromatic heterocycles. The molecule has 0 radical (unpaired) electrons. The minimum absolute atomic E-state index is 0.0225. The molecular formula is C21H26ClN3OS. The molecule has 1 aromatic carbocycles. The summed E-state index contributed by atoms with van der Waals surface area (Å²) in [6.45, 7) is 3.95. The van der Waals surface area contributed by atoms with Gasteiger partial charge >= 0.3 is 0 Å². The highest BCUT2D eigenvalue weighted by atomic mass is 35.5. The van der Waals surface area contributed by atoms with Gasteiger partial charge in [0.15, 0.2) is 0 Å². The van der Waals surface area contributed by atoms with Crippen LogP contribution >= 0.6 is 22.9 Å². The molecule has 2 aromatic rings. The number of rotatable bonds is 3. The summed E-state index contributed by atoms with van der Waals surface area (Å²) >= 11 is 7.89. The summed E-state index contributed by atoms with van der Waals surface area (Å²) in [4.78, 5) is 19.8. The summed E-state index contributed by atoms with van der Waals surface area (Å²) in [6.07, 6.45) is 5.96. The normalized spacial score (nSPS) is 18.1. The van der Waals surface area contributed by atoms with Gasteiger partial charge in [-0.05, 0) is 62.6 Å². The quantitative estimate of drug-likeness (QED) is 0.756. The van der Waals surface area contributed by atoms with Crippen molar-refractivity contribution < 1.29 is 4.79 Å². The van der Waals surface area contributed by atoms with Crippen LogP contribution < -0.4 is 10.2 Å². The average Bonchev–Trinajstić information content (AvgIpc) is 2.94. The second-order valence-corrected chi connectivity index (χ2v) is 9.10. The van der Waals surface area contributed by atoms with Crippen molar-refractivity contribution in [2.45, 2.75) is 32.1 Å². The lowest BCUT2D eigenvalue weighted by Crippen LogP contribution is -2.44. The van der Waals surface area contributed by atoms with E-state index >= 15 is 0 Å². The molecular weight excluding hydrogens is 378 g/mol. The Bertz CT molecular complexity index is 803. The molecule has 4 rings (SSSR count). The van der Waals surface area contributed by atoms with Crippen molar-refractivity contribution in [3.8, 4) is 0 Å². The molecule has 0 saturated carbocycles. The lowest BCUT2D eigenvalue weighted by atomic mass is 10.1. The number of halogens is 1. The van der Waals surface area contributed by atoms with Crippen molar-refractivity contribution in [2.24, 2.45) is 0 Å². The molecule has 1 aliphatic heterocycles. The van der Waals surface area contributed by atoms with Gasteiger partial charge in [-0.2, -0.15) is 0 Å². The van der Waals surface area contributed by atoms with Crippen LogP contribution in [0, 0.1) is 0 Å². The van der Waals surface area contributed by atoms with E-state index in [0.717, 1.165) is 55.3 Å². The Morgan fingerprint density at radius 1 is 1.07 bits per heavy atom. The predicted molar refractivity (Wildman–Crippen MR) is 115 cm³/mol. The van der Waals surface area contributed by atoms with E-state index in [9.17, 15) is 4.79 Å². The number of carbonyl (C=O) groups excluding carboxylic acids is 1. The molecule has 0 spiro atoms. The number of anilines is 2. The Morgan fingerprint density at radius 3 is 2.67 bits per heavy atom. The van der Waals surface area contributed by atoms with Gasteiger partial charge in [0.2, 0.25) is 0 Å². The van der Waals surface area contributed by atoms with Gasteiger partial charge in [0.1, 0.15) is 0 Å². The van der Waals surface area contributed by atoms with Gasteiger partial charge in [-0.15, -0.1) is 11.3 Å². The number of nitrogens with one attached hydrogen (secondary N) is 1. The number of thiophene rings is 1. The van der Waals surface area contributed by atoms with E-state index in [1.807, 2.05) is 18.2 Å². The SMILES string of the molecule is CN1CCN(c2ccc(Cl)cc2NC(=O)c2cc3c(s2)CCCCC3)CC1. The van der Waals surface area contributed by atoms with Crippen LogP contribution in [-0.2, 0) is 12.8 Å². The summed E-state index contributed by atoms with van der Waals surface area (Å²) in [5, 5.41) is 3.78. The summed E-state index contributed by atoms with van der Waals surface area (Å²) in [5.41, 5.74) is 3.23. The van der Waals surface area contributed by atoms with E-state index in [1.54, 1.807) is 11.3 Å². The van der Waals surface area contributed by atoms with E-state index < -0.39 is 0 Å².